The van der Waals surface area contributed by atoms with Crippen LogP contribution in [0.4, 0.5) is 22.2 Å². The van der Waals surface area contributed by atoms with Gasteiger partial charge in [0.2, 0.25) is 5.95 Å². The van der Waals surface area contributed by atoms with Crippen LogP contribution in [0.1, 0.15) is 25.7 Å². The Hall–Kier alpha value is -2.29. The van der Waals surface area contributed by atoms with Gasteiger partial charge in [0.05, 0.1) is 11.9 Å². The molecule has 9 heteroatoms. The lowest BCUT2D eigenvalue weighted by atomic mass is 10.1. The highest BCUT2D eigenvalue weighted by Crippen LogP contribution is 2.22. The average molecular weight is 336 g/mol. The highest BCUT2D eigenvalue weighted by atomic mass is 16.5. The van der Waals surface area contributed by atoms with Gasteiger partial charge >= 0.3 is 6.09 Å². The van der Waals surface area contributed by atoms with Crippen LogP contribution in [-0.2, 0) is 4.74 Å². The van der Waals surface area contributed by atoms with E-state index in [4.69, 9.17) is 15.6 Å². The second kappa shape index (κ2) is 7.52. The van der Waals surface area contributed by atoms with Crippen LogP contribution in [0.2, 0.25) is 0 Å². The van der Waals surface area contributed by atoms with E-state index in [-0.39, 0.29) is 6.04 Å². The molecule has 1 aromatic heterocycles. The molecule has 1 aromatic rings. The van der Waals surface area contributed by atoms with Crippen LogP contribution in [0.15, 0.2) is 6.20 Å². The van der Waals surface area contributed by atoms with Crippen molar-refractivity contribution in [3.05, 3.63) is 6.20 Å². The number of aromatic nitrogens is 2. The van der Waals surface area contributed by atoms with E-state index >= 15 is 0 Å². The quantitative estimate of drug-likeness (QED) is 0.646. The Morgan fingerprint density at radius 1 is 1.21 bits per heavy atom. The predicted molar refractivity (Wildman–Crippen MR) is 90.2 cm³/mol. The van der Waals surface area contributed by atoms with Crippen molar-refractivity contribution in [3.63, 3.8) is 0 Å². The molecule has 0 unspecified atom stereocenters. The van der Waals surface area contributed by atoms with Crippen LogP contribution >= 0.6 is 0 Å². The second-order valence-electron chi connectivity index (χ2n) is 6.22. The zero-order valence-corrected chi connectivity index (χ0v) is 13.6. The molecular weight excluding hydrogens is 312 g/mol. The molecule has 9 nitrogen and oxygen atoms in total. The lowest BCUT2D eigenvalue weighted by molar-refractivity contribution is 0.0903. The summed E-state index contributed by atoms with van der Waals surface area (Å²) in [4.78, 5) is 21.1. The number of ether oxygens (including phenoxy) is 1. The summed E-state index contributed by atoms with van der Waals surface area (Å²) in [6.45, 7) is 2.54. The normalized spacial score (nSPS) is 19.9. The van der Waals surface area contributed by atoms with Crippen LogP contribution in [0.5, 0.6) is 0 Å². The number of likely N-dealkylation sites (tertiary alicyclic amines) is 1. The van der Waals surface area contributed by atoms with Crippen molar-refractivity contribution in [3.8, 4) is 0 Å². The summed E-state index contributed by atoms with van der Waals surface area (Å²) in [5, 5.41) is 15.6. The lowest BCUT2D eigenvalue weighted by Crippen LogP contribution is -2.41. The van der Waals surface area contributed by atoms with Crippen molar-refractivity contribution < 1.29 is 14.6 Å². The van der Waals surface area contributed by atoms with E-state index in [1.807, 2.05) is 0 Å². The molecule has 0 bridgehead atoms. The van der Waals surface area contributed by atoms with Gasteiger partial charge in [-0.25, -0.2) is 9.78 Å². The molecule has 2 saturated heterocycles. The van der Waals surface area contributed by atoms with E-state index in [9.17, 15) is 4.79 Å². The van der Waals surface area contributed by atoms with Crippen molar-refractivity contribution >= 4 is 23.5 Å². The third kappa shape index (κ3) is 4.16. The van der Waals surface area contributed by atoms with Gasteiger partial charge in [0, 0.05) is 38.4 Å². The molecule has 0 atom stereocenters. The van der Waals surface area contributed by atoms with Crippen molar-refractivity contribution in [1.29, 1.82) is 0 Å². The molecule has 2 aliphatic heterocycles. The summed E-state index contributed by atoms with van der Waals surface area (Å²) < 4.78 is 5.35. The zero-order valence-electron chi connectivity index (χ0n) is 13.6. The zero-order chi connectivity index (χ0) is 16.9. The number of carbonyl (C=O) groups is 1. The number of amides is 1. The molecule has 0 saturated carbocycles. The Morgan fingerprint density at radius 2 is 1.88 bits per heavy atom. The van der Waals surface area contributed by atoms with Gasteiger partial charge in [-0.15, -0.1) is 0 Å². The molecule has 2 aliphatic rings. The molecule has 2 fully saturated rings. The number of nitrogens with two attached hydrogens (primary N) is 1. The van der Waals surface area contributed by atoms with Crippen molar-refractivity contribution in [1.82, 2.24) is 14.9 Å². The van der Waals surface area contributed by atoms with Crippen molar-refractivity contribution in [2.75, 3.05) is 42.7 Å². The van der Waals surface area contributed by atoms with E-state index in [0.717, 1.165) is 38.9 Å². The van der Waals surface area contributed by atoms with Gasteiger partial charge in [-0.1, -0.05) is 0 Å². The number of hydrogen-bond donors (Lipinski definition) is 4. The SMILES string of the molecule is Nc1cnc(NC2CCOCC2)nc1NC1CCN(C(=O)O)CC1. The van der Waals surface area contributed by atoms with Crippen molar-refractivity contribution in [2.24, 2.45) is 0 Å². The number of rotatable bonds is 4. The second-order valence-corrected chi connectivity index (χ2v) is 6.22. The maximum absolute atomic E-state index is 11.0. The smallest absolute Gasteiger partial charge is 0.407 e. The van der Waals surface area contributed by atoms with Crippen LogP contribution in [0.25, 0.3) is 0 Å². The van der Waals surface area contributed by atoms with E-state index < -0.39 is 6.09 Å². The van der Waals surface area contributed by atoms with Gasteiger partial charge in [-0.05, 0) is 25.7 Å². The Bertz CT molecular complexity index is 570. The average Bonchev–Trinajstić information content (AvgIpc) is 2.59. The summed E-state index contributed by atoms with van der Waals surface area (Å²) in [5.74, 6) is 1.16. The van der Waals surface area contributed by atoms with Gasteiger partial charge in [0.15, 0.2) is 5.82 Å². The van der Waals surface area contributed by atoms with Gasteiger partial charge < -0.3 is 31.1 Å². The molecule has 0 aromatic carbocycles. The number of nitrogen functional groups attached to an aromatic ring is 1. The summed E-state index contributed by atoms with van der Waals surface area (Å²) in [6.07, 6.45) is 4.08. The van der Waals surface area contributed by atoms with E-state index in [1.165, 1.54) is 4.90 Å². The van der Waals surface area contributed by atoms with Gasteiger partial charge in [0.1, 0.15) is 0 Å². The van der Waals surface area contributed by atoms with Crippen LogP contribution in [-0.4, -0.2) is 64.5 Å². The van der Waals surface area contributed by atoms with E-state index in [0.29, 0.717) is 36.6 Å². The van der Waals surface area contributed by atoms with E-state index in [1.54, 1.807) is 6.20 Å². The molecule has 1 amide bonds. The lowest BCUT2D eigenvalue weighted by Gasteiger charge is -2.31. The van der Waals surface area contributed by atoms with Gasteiger partial charge in [0.25, 0.3) is 0 Å². The van der Waals surface area contributed by atoms with Gasteiger partial charge in [-0.3, -0.25) is 0 Å². The minimum absolute atomic E-state index is 0.161. The Labute approximate surface area is 140 Å². The highest BCUT2D eigenvalue weighted by molar-refractivity contribution is 5.65. The molecule has 0 aliphatic carbocycles. The first-order valence-corrected chi connectivity index (χ1v) is 8.33. The fourth-order valence-electron chi connectivity index (χ4n) is 3.01. The molecule has 132 valence electrons. The Balaban J connectivity index is 1.58. The van der Waals surface area contributed by atoms with Gasteiger partial charge in [-0.2, -0.15) is 4.98 Å². The first-order chi connectivity index (χ1) is 11.6. The van der Waals surface area contributed by atoms with Crippen LogP contribution in [0, 0.1) is 0 Å². The Morgan fingerprint density at radius 3 is 2.54 bits per heavy atom. The first-order valence-electron chi connectivity index (χ1n) is 8.33. The largest absolute Gasteiger partial charge is 0.465 e. The monoisotopic (exact) mass is 336 g/mol. The summed E-state index contributed by atoms with van der Waals surface area (Å²) in [6, 6.07) is 0.475. The highest BCUT2D eigenvalue weighted by Gasteiger charge is 2.23. The standard InChI is InChI=1S/C15H24N6O3/c16-12-9-17-14(19-11-3-7-24-8-4-11)20-13(12)18-10-1-5-21(6-2-10)15(22)23/h9-11H,1-8,16H2,(H,22,23)(H2,17,18,19,20). The molecule has 0 radical (unpaired) electrons. The number of piperidine rings is 1. The third-order valence-corrected chi connectivity index (χ3v) is 4.48. The number of carboxylic acid groups (broad SMARTS) is 1. The fourth-order valence-corrected chi connectivity index (χ4v) is 3.01. The number of hydrogen-bond acceptors (Lipinski definition) is 7. The molecule has 3 heterocycles. The van der Waals surface area contributed by atoms with Crippen LogP contribution in [0.3, 0.4) is 0 Å². The van der Waals surface area contributed by atoms with Crippen molar-refractivity contribution in [2.45, 2.75) is 37.8 Å². The molecular formula is C15H24N6O3. The Kier molecular flexibility index (Phi) is 5.19. The molecule has 24 heavy (non-hydrogen) atoms. The third-order valence-electron chi connectivity index (χ3n) is 4.48. The molecule has 3 rings (SSSR count). The maximum atomic E-state index is 11.0. The predicted octanol–water partition coefficient (Wildman–Crippen LogP) is 1.20. The number of anilines is 3. The summed E-state index contributed by atoms with van der Waals surface area (Å²) >= 11 is 0. The first kappa shape index (κ1) is 16.6. The van der Waals surface area contributed by atoms with E-state index in [2.05, 4.69) is 20.6 Å². The number of nitrogens with zero attached hydrogens (tertiary/aromatic N) is 3. The minimum Gasteiger partial charge on any atom is -0.465 e. The minimum atomic E-state index is -0.863. The maximum Gasteiger partial charge on any atom is 0.407 e. The summed E-state index contributed by atoms with van der Waals surface area (Å²) in [5.41, 5.74) is 6.47. The number of nitrogens with one attached hydrogen (secondary N) is 2. The topological polar surface area (TPSA) is 126 Å². The summed E-state index contributed by atoms with van der Waals surface area (Å²) in [7, 11) is 0. The van der Waals surface area contributed by atoms with Crippen LogP contribution < -0.4 is 16.4 Å². The molecule has 0 spiro atoms. The fraction of sp³-hybridized carbons (Fsp3) is 0.667. The molecule has 5 N–H and O–H groups in total.